The normalized spacial score (nSPS) is 28.1. The molecule has 0 aromatic heterocycles. The van der Waals surface area contributed by atoms with Gasteiger partial charge in [0, 0.05) is 12.7 Å². The van der Waals surface area contributed by atoms with Crippen molar-refractivity contribution >= 4 is 0 Å². The third kappa shape index (κ3) is 2.49. The molecule has 100 valence electrons. The second-order valence-corrected chi connectivity index (χ2v) is 4.81. The highest BCUT2D eigenvalue weighted by atomic mass is 19.1. The SMILES string of the molecule is COc1ccc(F)cc1C1(O)CCC(OC)CC1. The van der Waals surface area contributed by atoms with Crippen LogP contribution in [0.25, 0.3) is 0 Å². The van der Waals surface area contributed by atoms with E-state index in [-0.39, 0.29) is 11.9 Å². The third-order valence-corrected chi connectivity index (χ3v) is 3.76. The Morgan fingerprint density at radius 3 is 2.50 bits per heavy atom. The maximum Gasteiger partial charge on any atom is 0.125 e. The average molecular weight is 254 g/mol. The van der Waals surface area contributed by atoms with Gasteiger partial charge in [-0.3, -0.25) is 0 Å². The fraction of sp³-hybridized carbons (Fsp3) is 0.571. The third-order valence-electron chi connectivity index (χ3n) is 3.76. The fourth-order valence-electron chi connectivity index (χ4n) is 2.62. The van der Waals surface area contributed by atoms with E-state index in [1.165, 1.54) is 19.2 Å². The Morgan fingerprint density at radius 1 is 1.28 bits per heavy atom. The number of rotatable bonds is 3. The molecule has 1 N–H and O–H groups in total. The summed E-state index contributed by atoms with van der Waals surface area (Å²) in [6, 6.07) is 4.27. The van der Waals surface area contributed by atoms with E-state index < -0.39 is 5.60 Å². The Labute approximate surface area is 107 Å². The van der Waals surface area contributed by atoms with E-state index in [0.29, 0.717) is 24.2 Å². The van der Waals surface area contributed by atoms with Crippen molar-refractivity contribution in [2.75, 3.05) is 14.2 Å². The molecule has 4 heteroatoms. The molecule has 0 radical (unpaired) electrons. The maximum atomic E-state index is 13.4. The molecular weight excluding hydrogens is 235 g/mol. The van der Waals surface area contributed by atoms with Crippen LogP contribution in [0.15, 0.2) is 18.2 Å². The summed E-state index contributed by atoms with van der Waals surface area (Å²) in [6.45, 7) is 0. The fourth-order valence-corrected chi connectivity index (χ4v) is 2.62. The lowest BCUT2D eigenvalue weighted by molar-refractivity contribution is -0.0487. The van der Waals surface area contributed by atoms with Gasteiger partial charge in [0.25, 0.3) is 0 Å². The van der Waals surface area contributed by atoms with Crippen LogP contribution in [0.4, 0.5) is 4.39 Å². The molecule has 1 aliphatic carbocycles. The number of methoxy groups -OCH3 is 2. The van der Waals surface area contributed by atoms with Crippen molar-refractivity contribution < 1.29 is 19.0 Å². The van der Waals surface area contributed by atoms with Crippen LogP contribution in [0.5, 0.6) is 5.75 Å². The predicted molar refractivity (Wildman–Crippen MR) is 66.1 cm³/mol. The van der Waals surface area contributed by atoms with Gasteiger partial charge in [-0.15, -0.1) is 0 Å². The topological polar surface area (TPSA) is 38.7 Å². The van der Waals surface area contributed by atoms with E-state index in [2.05, 4.69) is 0 Å². The molecule has 2 rings (SSSR count). The Kier molecular flexibility index (Phi) is 3.88. The standard InChI is InChI=1S/C14H19FO3/c1-17-11-5-7-14(16,8-6-11)12-9-10(15)3-4-13(12)18-2/h3-4,9,11,16H,5-8H2,1-2H3. The monoisotopic (exact) mass is 254 g/mol. The first kappa shape index (κ1) is 13.3. The molecular formula is C14H19FO3. The van der Waals surface area contributed by atoms with Gasteiger partial charge in [-0.25, -0.2) is 4.39 Å². The summed E-state index contributed by atoms with van der Waals surface area (Å²) in [6.07, 6.45) is 2.85. The second-order valence-electron chi connectivity index (χ2n) is 4.81. The van der Waals surface area contributed by atoms with E-state index >= 15 is 0 Å². The highest BCUT2D eigenvalue weighted by Gasteiger charge is 2.37. The summed E-state index contributed by atoms with van der Waals surface area (Å²) in [4.78, 5) is 0. The summed E-state index contributed by atoms with van der Waals surface area (Å²) in [7, 11) is 3.21. The zero-order chi connectivity index (χ0) is 13.2. The van der Waals surface area contributed by atoms with Gasteiger partial charge >= 0.3 is 0 Å². The Balaban J connectivity index is 2.27. The molecule has 0 atom stereocenters. The molecule has 0 unspecified atom stereocenters. The van der Waals surface area contributed by atoms with Gasteiger partial charge in [0.15, 0.2) is 0 Å². The van der Waals surface area contributed by atoms with Crippen molar-refractivity contribution in [1.82, 2.24) is 0 Å². The zero-order valence-electron chi connectivity index (χ0n) is 10.8. The highest BCUT2D eigenvalue weighted by Crippen LogP contribution is 2.41. The minimum atomic E-state index is -1.01. The van der Waals surface area contributed by atoms with Gasteiger partial charge in [-0.1, -0.05) is 0 Å². The lowest BCUT2D eigenvalue weighted by atomic mass is 9.78. The number of ether oxygens (including phenoxy) is 2. The average Bonchev–Trinajstić information content (AvgIpc) is 2.39. The van der Waals surface area contributed by atoms with Crippen LogP contribution in [0.1, 0.15) is 31.2 Å². The second kappa shape index (κ2) is 5.24. The minimum absolute atomic E-state index is 0.185. The van der Waals surface area contributed by atoms with Gasteiger partial charge in [-0.2, -0.15) is 0 Å². The summed E-state index contributed by atoms with van der Waals surface area (Å²) in [5.41, 5.74) is -0.470. The quantitative estimate of drug-likeness (QED) is 0.901. The molecule has 0 saturated heterocycles. The van der Waals surface area contributed by atoms with Crippen molar-refractivity contribution in [2.45, 2.75) is 37.4 Å². The van der Waals surface area contributed by atoms with Crippen LogP contribution >= 0.6 is 0 Å². The molecule has 0 heterocycles. The summed E-state index contributed by atoms with van der Waals surface area (Å²) in [5, 5.41) is 10.7. The first-order chi connectivity index (χ1) is 8.59. The first-order valence-corrected chi connectivity index (χ1v) is 6.18. The highest BCUT2D eigenvalue weighted by molar-refractivity contribution is 5.38. The Hall–Kier alpha value is -1.13. The van der Waals surface area contributed by atoms with Crippen molar-refractivity contribution in [3.8, 4) is 5.75 Å². The van der Waals surface area contributed by atoms with E-state index in [1.54, 1.807) is 13.2 Å². The van der Waals surface area contributed by atoms with Crippen LogP contribution < -0.4 is 4.74 Å². The smallest absolute Gasteiger partial charge is 0.125 e. The van der Waals surface area contributed by atoms with Crippen LogP contribution in [0.3, 0.4) is 0 Å². The van der Waals surface area contributed by atoms with Gasteiger partial charge in [-0.05, 0) is 43.9 Å². The van der Waals surface area contributed by atoms with Crippen LogP contribution in [0.2, 0.25) is 0 Å². The largest absolute Gasteiger partial charge is 0.496 e. The number of benzene rings is 1. The summed E-state index contributed by atoms with van der Waals surface area (Å²) < 4.78 is 23.9. The van der Waals surface area contributed by atoms with Crippen molar-refractivity contribution in [2.24, 2.45) is 0 Å². The number of aliphatic hydroxyl groups is 1. The molecule has 0 aliphatic heterocycles. The number of hydrogen-bond acceptors (Lipinski definition) is 3. The van der Waals surface area contributed by atoms with Crippen molar-refractivity contribution in [3.63, 3.8) is 0 Å². The minimum Gasteiger partial charge on any atom is -0.496 e. The van der Waals surface area contributed by atoms with Crippen LogP contribution in [-0.4, -0.2) is 25.4 Å². The van der Waals surface area contributed by atoms with Gasteiger partial charge in [0.2, 0.25) is 0 Å². The van der Waals surface area contributed by atoms with Gasteiger partial charge in [0.05, 0.1) is 18.8 Å². The van der Waals surface area contributed by atoms with E-state index in [1.807, 2.05) is 0 Å². The molecule has 1 aromatic rings. The van der Waals surface area contributed by atoms with Gasteiger partial charge < -0.3 is 14.6 Å². The molecule has 1 saturated carbocycles. The molecule has 0 amide bonds. The van der Waals surface area contributed by atoms with E-state index in [4.69, 9.17) is 9.47 Å². The molecule has 1 fully saturated rings. The number of halogens is 1. The maximum absolute atomic E-state index is 13.4. The van der Waals surface area contributed by atoms with Crippen LogP contribution in [-0.2, 0) is 10.3 Å². The Morgan fingerprint density at radius 2 is 1.94 bits per heavy atom. The first-order valence-electron chi connectivity index (χ1n) is 6.18. The molecule has 0 spiro atoms. The Bertz CT molecular complexity index is 412. The molecule has 0 bridgehead atoms. The zero-order valence-corrected chi connectivity index (χ0v) is 10.8. The summed E-state index contributed by atoms with van der Waals surface area (Å²) in [5.74, 6) is 0.183. The van der Waals surface area contributed by atoms with Crippen LogP contribution in [0, 0.1) is 5.82 Å². The van der Waals surface area contributed by atoms with Crippen molar-refractivity contribution in [3.05, 3.63) is 29.6 Å². The van der Waals surface area contributed by atoms with E-state index in [9.17, 15) is 9.50 Å². The van der Waals surface area contributed by atoms with Crippen molar-refractivity contribution in [1.29, 1.82) is 0 Å². The number of hydrogen-bond donors (Lipinski definition) is 1. The molecule has 1 aromatic carbocycles. The van der Waals surface area contributed by atoms with E-state index in [0.717, 1.165) is 12.8 Å². The molecule has 18 heavy (non-hydrogen) atoms. The molecule has 1 aliphatic rings. The molecule has 3 nitrogen and oxygen atoms in total. The summed E-state index contributed by atoms with van der Waals surface area (Å²) >= 11 is 0. The lowest BCUT2D eigenvalue weighted by Crippen LogP contribution is -2.34. The lowest BCUT2D eigenvalue weighted by Gasteiger charge is -2.36. The predicted octanol–water partition coefficient (Wildman–Crippen LogP) is 2.61. The van der Waals surface area contributed by atoms with Gasteiger partial charge in [0.1, 0.15) is 11.6 Å².